The van der Waals surface area contributed by atoms with E-state index < -0.39 is 10.0 Å². The molecule has 0 aliphatic heterocycles. The van der Waals surface area contributed by atoms with Crippen LogP contribution < -0.4 is 20.5 Å². The Balaban J connectivity index is 2.13. The van der Waals surface area contributed by atoms with Gasteiger partial charge in [0.2, 0.25) is 10.0 Å². The smallest absolute Gasteiger partial charge is 0.238 e. The molecular formula is C22H32N4O3S. The number of sulfonamides is 1. The lowest BCUT2D eigenvalue weighted by atomic mass is 10.1. The predicted molar refractivity (Wildman–Crippen MR) is 121 cm³/mol. The Hall–Kier alpha value is -2.58. The number of primary sulfonamides is 1. The van der Waals surface area contributed by atoms with Gasteiger partial charge in [0.05, 0.1) is 17.5 Å². The van der Waals surface area contributed by atoms with Crippen LogP contribution in [0.3, 0.4) is 0 Å². The first kappa shape index (κ1) is 23.7. The van der Waals surface area contributed by atoms with E-state index in [4.69, 9.17) is 9.88 Å². The number of nitrogens with one attached hydrogen (secondary N) is 2. The molecule has 4 N–H and O–H groups in total. The van der Waals surface area contributed by atoms with E-state index in [9.17, 15) is 8.42 Å². The number of nitrogens with zero attached hydrogens (tertiary/aromatic N) is 1. The van der Waals surface area contributed by atoms with Crippen molar-refractivity contribution >= 4 is 16.0 Å². The Labute approximate surface area is 179 Å². The SMILES string of the molecule is CCNC(=NCc1cccc(S(N)(=O)=O)c1)NCc1ccc(C)cc1OC(C)CC. The number of ether oxygens (including phenoxy) is 1. The lowest BCUT2D eigenvalue weighted by Gasteiger charge is -2.18. The van der Waals surface area contributed by atoms with Gasteiger partial charge in [0.1, 0.15) is 5.75 Å². The van der Waals surface area contributed by atoms with Crippen molar-refractivity contribution in [3.8, 4) is 5.75 Å². The third-order valence-electron chi connectivity index (χ3n) is 4.56. The van der Waals surface area contributed by atoms with E-state index in [1.165, 1.54) is 6.07 Å². The first-order chi connectivity index (χ1) is 14.2. The molecule has 2 aromatic carbocycles. The van der Waals surface area contributed by atoms with Crippen molar-refractivity contribution in [3.63, 3.8) is 0 Å². The van der Waals surface area contributed by atoms with E-state index in [2.05, 4.69) is 41.6 Å². The van der Waals surface area contributed by atoms with Gasteiger partial charge >= 0.3 is 0 Å². The molecule has 0 fully saturated rings. The maximum absolute atomic E-state index is 11.5. The summed E-state index contributed by atoms with van der Waals surface area (Å²) in [6.45, 7) is 9.76. The summed E-state index contributed by atoms with van der Waals surface area (Å²) in [6.07, 6.45) is 1.07. The number of nitrogens with two attached hydrogens (primary N) is 1. The molecule has 7 nitrogen and oxygen atoms in total. The van der Waals surface area contributed by atoms with Gasteiger partial charge in [-0.25, -0.2) is 18.5 Å². The fourth-order valence-corrected chi connectivity index (χ4v) is 3.31. The summed E-state index contributed by atoms with van der Waals surface area (Å²) in [6, 6.07) is 12.7. The lowest BCUT2D eigenvalue weighted by Crippen LogP contribution is -2.37. The van der Waals surface area contributed by atoms with Gasteiger partial charge in [0, 0.05) is 18.7 Å². The number of aryl methyl sites for hydroxylation is 1. The summed E-state index contributed by atoms with van der Waals surface area (Å²) < 4.78 is 29.2. The van der Waals surface area contributed by atoms with E-state index in [1.54, 1.807) is 12.1 Å². The van der Waals surface area contributed by atoms with E-state index >= 15 is 0 Å². The molecule has 164 valence electrons. The standard InChI is InChI=1S/C22H32N4O3S/c1-5-17(4)29-21-12-16(3)10-11-19(21)15-26-22(24-6-2)25-14-18-8-7-9-20(13-18)30(23,27)28/h7-13,17H,5-6,14-15H2,1-4H3,(H2,23,27,28)(H2,24,25,26). The van der Waals surface area contributed by atoms with Gasteiger partial charge in [-0.15, -0.1) is 0 Å². The molecule has 0 aliphatic rings. The highest BCUT2D eigenvalue weighted by molar-refractivity contribution is 7.89. The number of aliphatic imine (C=N–C) groups is 1. The van der Waals surface area contributed by atoms with Crippen LogP contribution in [0.15, 0.2) is 52.4 Å². The fourth-order valence-electron chi connectivity index (χ4n) is 2.73. The normalized spacial score (nSPS) is 13.0. The van der Waals surface area contributed by atoms with Crippen LogP contribution in [-0.2, 0) is 23.1 Å². The molecule has 8 heteroatoms. The van der Waals surface area contributed by atoms with Gasteiger partial charge in [-0.05, 0) is 56.5 Å². The first-order valence-electron chi connectivity index (χ1n) is 10.1. The number of guanidine groups is 1. The monoisotopic (exact) mass is 432 g/mol. The Morgan fingerprint density at radius 2 is 1.93 bits per heavy atom. The van der Waals surface area contributed by atoms with Crippen molar-refractivity contribution in [3.05, 3.63) is 59.2 Å². The number of hydrogen-bond acceptors (Lipinski definition) is 4. The van der Waals surface area contributed by atoms with Crippen LogP contribution in [-0.4, -0.2) is 27.0 Å². The molecule has 0 saturated heterocycles. The Morgan fingerprint density at radius 1 is 1.17 bits per heavy atom. The lowest BCUT2D eigenvalue weighted by molar-refractivity contribution is 0.215. The summed E-state index contributed by atoms with van der Waals surface area (Å²) in [5, 5.41) is 11.7. The zero-order chi connectivity index (χ0) is 22.1. The Morgan fingerprint density at radius 3 is 2.60 bits per heavy atom. The minimum absolute atomic E-state index is 0.0830. The van der Waals surface area contributed by atoms with Gasteiger partial charge in [-0.2, -0.15) is 0 Å². The molecule has 30 heavy (non-hydrogen) atoms. The number of rotatable bonds is 9. The second-order valence-corrected chi connectivity index (χ2v) is 8.75. The van der Waals surface area contributed by atoms with Gasteiger partial charge in [0.15, 0.2) is 5.96 Å². The van der Waals surface area contributed by atoms with Crippen LogP contribution in [0, 0.1) is 6.92 Å². The quantitative estimate of drug-likeness (QED) is 0.417. The molecule has 0 heterocycles. The molecule has 1 atom stereocenters. The Bertz CT molecular complexity index is 974. The third kappa shape index (κ3) is 7.35. The van der Waals surface area contributed by atoms with E-state index in [0.29, 0.717) is 25.6 Å². The molecule has 0 saturated carbocycles. The van der Waals surface area contributed by atoms with Crippen molar-refractivity contribution in [2.45, 2.75) is 58.2 Å². The van der Waals surface area contributed by atoms with Crippen molar-refractivity contribution in [2.75, 3.05) is 6.54 Å². The molecule has 2 rings (SSSR count). The molecular weight excluding hydrogens is 400 g/mol. The third-order valence-corrected chi connectivity index (χ3v) is 5.47. The first-order valence-corrected chi connectivity index (χ1v) is 11.7. The van der Waals surface area contributed by atoms with Crippen molar-refractivity contribution in [1.29, 1.82) is 0 Å². The molecule has 0 bridgehead atoms. The minimum Gasteiger partial charge on any atom is -0.490 e. The van der Waals surface area contributed by atoms with Gasteiger partial charge in [0.25, 0.3) is 0 Å². The predicted octanol–water partition coefficient (Wildman–Crippen LogP) is 3.08. The van der Waals surface area contributed by atoms with E-state index in [1.807, 2.05) is 26.0 Å². The largest absolute Gasteiger partial charge is 0.490 e. The van der Waals surface area contributed by atoms with Crippen LogP contribution >= 0.6 is 0 Å². The molecule has 0 radical (unpaired) electrons. The highest BCUT2D eigenvalue weighted by atomic mass is 32.2. The number of hydrogen-bond donors (Lipinski definition) is 3. The maximum Gasteiger partial charge on any atom is 0.238 e. The van der Waals surface area contributed by atoms with Crippen LogP contribution in [0.1, 0.15) is 43.9 Å². The summed E-state index contributed by atoms with van der Waals surface area (Å²) in [5.41, 5.74) is 2.95. The summed E-state index contributed by atoms with van der Waals surface area (Å²) in [7, 11) is -3.73. The van der Waals surface area contributed by atoms with Crippen LogP contribution in [0.4, 0.5) is 0 Å². The van der Waals surface area contributed by atoms with Crippen molar-refractivity contribution in [2.24, 2.45) is 10.1 Å². The van der Waals surface area contributed by atoms with E-state index in [-0.39, 0.29) is 11.0 Å². The van der Waals surface area contributed by atoms with Gasteiger partial charge < -0.3 is 15.4 Å². The second-order valence-electron chi connectivity index (χ2n) is 7.19. The minimum atomic E-state index is -3.73. The van der Waals surface area contributed by atoms with Crippen LogP contribution in [0.2, 0.25) is 0 Å². The molecule has 2 aromatic rings. The summed E-state index contributed by atoms with van der Waals surface area (Å²) in [5.74, 6) is 1.50. The maximum atomic E-state index is 11.5. The molecule has 0 amide bonds. The molecule has 0 spiro atoms. The Kier molecular flexibility index (Phi) is 8.68. The zero-order valence-electron chi connectivity index (χ0n) is 18.1. The number of benzene rings is 2. The van der Waals surface area contributed by atoms with Gasteiger partial charge in [-0.1, -0.05) is 31.2 Å². The summed E-state index contributed by atoms with van der Waals surface area (Å²) >= 11 is 0. The van der Waals surface area contributed by atoms with Crippen LogP contribution in [0.25, 0.3) is 0 Å². The van der Waals surface area contributed by atoms with Gasteiger partial charge in [-0.3, -0.25) is 0 Å². The summed E-state index contributed by atoms with van der Waals surface area (Å²) in [4.78, 5) is 4.65. The van der Waals surface area contributed by atoms with Crippen molar-refractivity contribution in [1.82, 2.24) is 10.6 Å². The average molecular weight is 433 g/mol. The zero-order valence-corrected chi connectivity index (χ0v) is 18.9. The van der Waals surface area contributed by atoms with Crippen LogP contribution in [0.5, 0.6) is 5.75 Å². The van der Waals surface area contributed by atoms with E-state index in [0.717, 1.165) is 28.9 Å². The topological polar surface area (TPSA) is 106 Å². The average Bonchev–Trinajstić information content (AvgIpc) is 2.70. The molecule has 0 aromatic heterocycles. The van der Waals surface area contributed by atoms with Crippen molar-refractivity contribution < 1.29 is 13.2 Å². The molecule has 1 unspecified atom stereocenters. The fraction of sp³-hybridized carbons (Fsp3) is 0.409. The highest BCUT2D eigenvalue weighted by Gasteiger charge is 2.10. The molecule has 0 aliphatic carbocycles. The highest BCUT2D eigenvalue weighted by Crippen LogP contribution is 2.22. The second kappa shape index (κ2) is 11.0.